The number of nitrogens with zero attached hydrogens (tertiary/aromatic N) is 4. The lowest BCUT2D eigenvalue weighted by molar-refractivity contribution is -0.914. The predicted octanol–water partition coefficient (Wildman–Crippen LogP) is 2.31. The summed E-state index contributed by atoms with van der Waals surface area (Å²) in [4.78, 5) is 48.5. The van der Waals surface area contributed by atoms with Crippen LogP contribution in [0, 0.1) is 0 Å². The average Bonchev–Trinajstić information content (AvgIpc) is 3.30. The Hall–Kier alpha value is -3.13. The van der Waals surface area contributed by atoms with Crippen molar-refractivity contribution in [2.45, 2.75) is 24.4 Å². The smallest absolute Gasteiger partial charge is 0.352 e. The second-order valence-corrected chi connectivity index (χ2v) is 11.9. The molecule has 3 heterocycles. The lowest BCUT2D eigenvalue weighted by Gasteiger charge is -2.50. The second-order valence-electron chi connectivity index (χ2n) is 9.48. The molecule has 14 heteroatoms. The molecule has 2 amide bonds. The van der Waals surface area contributed by atoms with E-state index in [0.29, 0.717) is 27.4 Å². The molecule has 11 nitrogen and oxygen atoms in total. The number of anilines is 1. The molecular formula is C24H28ClN6O5S2+. The molecular weight excluding hydrogens is 552 g/mol. The predicted molar refractivity (Wildman–Crippen MR) is 147 cm³/mol. The molecule has 1 fully saturated rings. The van der Waals surface area contributed by atoms with Gasteiger partial charge in [0.05, 0.1) is 14.1 Å². The molecule has 38 heavy (non-hydrogen) atoms. The van der Waals surface area contributed by atoms with Crippen LogP contribution in [-0.2, 0) is 19.2 Å². The number of aromatic nitrogens is 1. The molecule has 0 aliphatic carbocycles. The Morgan fingerprint density at radius 2 is 2.05 bits per heavy atom. The Labute approximate surface area is 232 Å². The highest BCUT2D eigenvalue weighted by Gasteiger charge is 2.55. The van der Waals surface area contributed by atoms with Crippen molar-refractivity contribution >= 4 is 63.3 Å². The summed E-state index contributed by atoms with van der Waals surface area (Å²) < 4.78 is 0.467. The first kappa shape index (κ1) is 27.9. The number of quaternary nitrogens is 1. The summed E-state index contributed by atoms with van der Waals surface area (Å²) in [5, 5.41) is 18.4. The van der Waals surface area contributed by atoms with Crippen LogP contribution in [0.3, 0.4) is 0 Å². The molecule has 4 rings (SSSR count). The van der Waals surface area contributed by atoms with Gasteiger partial charge in [0, 0.05) is 27.3 Å². The Bertz CT molecular complexity index is 1330. The van der Waals surface area contributed by atoms with Gasteiger partial charge < -0.3 is 25.5 Å². The molecule has 1 aromatic heterocycles. The number of halogens is 1. The van der Waals surface area contributed by atoms with E-state index in [0.717, 1.165) is 16.9 Å². The van der Waals surface area contributed by atoms with E-state index in [9.17, 15) is 19.5 Å². The summed E-state index contributed by atoms with van der Waals surface area (Å²) in [5.74, 6) is -1.95. The second kappa shape index (κ2) is 10.9. The third-order valence-electron chi connectivity index (χ3n) is 6.70. The Morgan fingerprint density at radius 1 is 1.37 bits per heavy atom. The van der Waals surface area contributed by atoms with Gasteiger partial charge in [0.1, 0.15) is 42.5 Å². The number of carboxylic acid groups (broad SMARTS) is 1. The molecule has 1 aromatic carbocycles. The summed E-state index contributed by atoms with van der Waals surface area (Å²) >= 11 is 8.58. The quantitative estimate of drug-likeness (QED) is 0.177. The van der Waals surface area contributed by atoms with Crippen molar-refractivity contribution in [3.63, 3.8) is 0 Å². The fourth-order valence-corrected chi connectivity index (χ4v) is 6.49. The van der Waals surface area contributed by atoms with Gasteiger partial charge in [-0.3, -0.25) is 14.5 Å². The van der Waals surface area contributed by atoms with Crippen molar-refractivity contribution < 1.29 is 28.8 Å². The number of benzene rings is 1. The molecule has 2 aromatic rings. The number of likely N-dealkylation sites (N-methyl/N-ethyl adjacent to an activating group) is 1. The highest BCUT2D eigenvalue weighted by atomic mass is 35.5. The van der Waals surface area contributed by atoms with Crippen LogP contribution < -0.4 is 11.1 Å². The zero-order chi connectivity index (χ0) is 27.8. The van der Waals surface area contributed by atoms with Gasteiger partial charge in [-0.15, -0.1) is 23.1 Å². The zero-order valence-corrected chi connectivity index (χ0v) is 23.6. The van der Waals surface area contributed by atoms with Crippen molar-refractivity contribution in [1.29, 1.82) is 0 Å². The number of nitrogens with one attached hydrogen (secondary N) is 1. The molecule has 2 aliphatic rings. The molecule has 202 valence electrons. The molecule has 2 aliphatic heterocycles. The number of thioether (sulfide) groups is 1. The van der Waals surface area contributed by atoms with Crippen LogP contribution >= 0.6 is 34.7 Å². The van der Waals surface area contributed by atoms with E-state index in [2.05, 4.69) is 22.4 Å². The number of nitrogens with two attached hydrogens (primary N) is 1. The van der Waals surface area contributed by atoms with E-state index >= 15 is 0 Å². The molecule has 0 radical (unpaired) electrons. The van der Waals surface area contributed by atoms with Crippen LogP contribution in [0.2, 0.25) is 5.02 Å². The molecule has 4 N–H and O–H groups in total. The van der Waals surface area contributed by atoms with E-state index in [1.165, 1.54) is 23.8 Å². The van der Waals surface area contributed by atoms with Gasteiger partial charge in [-0.2, -0.15) is 0 Å². The van der Waals surface area contributed by atoms with Crippen LogP contribution in [0.1, 0.15) is 24.2 Å². The minimum absolute atomic E-state index is 0.0307. The van der Waals surface area contributed by atoms with Gasteiger partial charge in [0.15, 0.2) is 10.8 Å². The van der Waals surface area contributed by atoms with Crippen LogP contribution in [0.15, 0.2) is 46.1 Å². The van der Waals surface area contributed by atoms with Crippen molar-refractivity contribution in [3.8, 4) is 0 Å². The first-order valence-corrected chi connectivity index (χ1v) is 13.9. The number of amides is 2. The zero-order valence-electron chi connectivity index (χ0n) is 21.2. The topological polar surface area (TPSA) is 147 Å². The van der Waals surface area contributed by atoms with Gasteiger partial charge in [0.2, 0.25) is 0 Å². The van der Waals surface area contributed by atoms with Crippen LogP contribution in [0.5, 0.6) is 0 Å². The van der Waals surface area contributed by atoms with Gasteiger partial charge in [0.25, 0.3) is 11.8 Å². The maximum atomic E-state index is 13.1. The SMILES string of the molecule is CO/N=C(\C(=O)N[C@@H]1C(=O)N2C(C(=O)O)=C(C[N+](C)(C)[C@H](C)c3ccc(Cl)cc3)CS[C@H]12)c1csc(N)n1. The molecule has 0 unspecified atom stereocenters. The highest BCUT2D eigenvalue weighted by Crippen LogP contribution is 2.41. The lowest BCUT2D eigenvalue weighted by Crippen LogP contribution is -2.71. The van der Waals surface area contributed by atoms with E-state index < -0.39 is 29.2 Å². The van der Waals surface area contributed by atoms with Gasteiger partial charge >= 0.3 is 5.97 Å². The number of oxime groups is 1. The fourth-order valence-electron chi connectivity index (χ4n) is 4.48. The minimum atomic E-state index is -1.18. The van der Waals surface area contributed by atoms with Gasteiger partial charge in [-0.1, -0.05) is 28.9 Å². The normalized spacial score (nSPS) is 20.5. The number of rotatable bonds is 9. The molecule has 1 saturated heterocycles. The number of hydrogen-bond donors (Lipinski definition) is 3. The fraction of sp³-hybridized carbons (Fsp3) is 0.375. The van der Waals surface area contributed by atoms with E-state index in [1.54, 1.807) is 5.38 Å². The van der Waals surface area contributed by atoms with E-state index in [1.807, 2.05) is 38.4 Å². The summed E-state index contributed by atoms with van der Waals surface area (Å²) in [6.45, 7) is 2.49. The number of β-lactam (4-membered cyclic amide) rings is 1. The minimum Gasteiger partial charge on any atom is -0.477 e. The summed E-state index contributed by atoms with van der Waals surface area (Å²) in [7, 11) is 5.33. The molecule has 3 atom stereocenters. The number of carbonyl (C=O) groups is 3. The number of fused-ring (bicyclic) bond motifs is 1. The standard InChI is InChI=1S/C24H27ClN6O5S2/c1-12(13-5-7-15(25)8-6-13)31(2,3)9-14-10-37-22-18(21(33)30(22)19(14)23(34)35)28-20(32)17(29-36-4)16-11-38-24(26)27-16/h5-8,11-12,18,22H,9-10H2,1-4H3,(H3-,26,27,28,32,34,35)/p+1/b29-17-/t12-,18-,22-/m1/s1. The van der Waals surface area contributed by atoms with Crippen LogP contribution in [0.4, 0.5) is 5.13 Å². The summed E-state index contributed by atoms with van der Waals surface area (Å²) in [5.41, 5.74) is 7.45. The Kier molecular flexibility index (Phi) is 8.02. The van der Waals surface area contributed by atoms with Crippen LogP contribution in [0.25, 0.3) is 0 Å². The molecule has 0 saturated carbocycles. The first-order chi connectivity index (χ1) is 17.9. The number of nitrogen functional groups attached to an aromatic ring is 1. The van der Waals surface area contributed by atoms with Gasteiger partial charge in [-0.25, -0.2) is 9.78 Å². The first-order valence-electron chi connectivity index (χ1n) is 11.6. The van der Waals surface area contributed by atoms with Crippen molar-refractivity contribution in [2.75, 3.05) is 39.2 Å². The van der Waals surface area contributed by atoms with Gasteiger partial charge in [-0.05, 0) is 19.1 Å². The average molecular weight is 580 g/mol. The van der Waals surface area contributed by atoms with Crippen molar-refractivity contribution in [1.82, 2.24) is 15.2 Å². The number of aliphatic carboxylic acids is 1. The number of carbonyl (C=O) groups excluding carboxylic acids is 2. The monoisotopic (exact) mass is 579 g/mol. The Morgan fingerprint density at radius 3 is 2.63 bits per heavy atom. The summed E-state index contributed by atoms with van der Waals surface area (Å²) in [6.07, 6.45) is 0. The number of thiazole rings is 1. The third kappa shape index (κ3) is 5.37. The van der Waals surface area contributed by atoms with E-state index in [-0.39, 0.29) is 28.3 Å². The third-order valence-corrected chi connectivity index (χ3v) is 8.96. The highest BCUT2D eigenvalue weighted by molar-refractivity contribution is 8.00. The van der Waals surface area contributed by atoms with Crippen molar-refractivity contribution in [3.05, 3.63) is 57.2 Å². The maximum absolute atomic E-state index is 13.1. The molecule has 0 spiro atoms. The number of carboxylic acids is 1. The van der Waals surface area contributed by atoms with E-state index in [4.69, 9.17) is 22.2 Å². The number of hydrogen-bond acceptors (Lipinski definition) is 9. The van der Waals surface area contributed by atoms with Crippen molar-refractivity contribution in [2.24, 2.45) is 5.16 Å². The Balaban J connectivity index is 1.53. The van der Waals surface area contributed by atoms with Crippen LogP contribution in [-0.4, -0.2) is 87.9 Å². The maximum Gasteiger partial charge on any atom is 0.352 e. The summed E-state index contributed by atoms with van der Waals surface area (Å²) in [6, 6.07) is 6.69. The largest absolute Gasteiger partial charge is 0.477 e. The molecule has 0 bridgehead atoms. The lowest BCUT2D eigenvalue weighted by atomic mass is 10.0.